The predicted octanol–water partition coefficient (Wildman–Crippen LogP) is 7.01. The summed E-state index contributed by atoms with van der Waals surface area (Å²) in [6.45, 7) is 25.5. The third-order valence-corrected chi connectivity index (χ3v) is 5.43. The number of benzene rings is 1. The van der Waals surface area contributed by atoms with Crippen LogP contribution in [-0.2, 0) is 4.79 Å². The molecule has 0 bridgehead atoms. The van der Waals surface area contributed by atoms with Crippen LogP contribution in [0.15, 0.2) is 43.5 Å². The highest BCUT2D eigenvalue weighted by Crippen LogP contribution is 2.28. The fraction of sp³-hybridized carbons (Fsp3) is 0.667. The predicted molar refractivity (Wildman–Crippen MR) is 135 cm³/mol. The molecule has 1 unspecified atom stereocenters. The van der Waals surface area contributed by atoms with Crippen LogP contribution in [0.5, 0.6) is 0 Å². The molecule has 1 aromatic rings. The molecule has 3 heteroatoms. The zero-order valence-electron chi connectivity index (χ0n) is 21.1. The first-order valence-electron chi connectivity index (χ1n) is 12.1. The Hall–Kier alpha value is -1.61. The maximum absolute atomic E-state index is 12.6. The van der Waals surface area contributed by atoms with Gasteiger partial charge >= 0.3 is 0 Å². The van der Waals surface area contributed by atoms with Gasteiger partial charge in [0.15, 0.2) is 0 Å². The summed E-state index contributed by atoms with van der Waals surface area (Å²) in [6.07, 6.45) is 4.82. The topological polar surface area (TPSA) is 23.6 Å². The summed E-state index contributed by atoms with van der Waals surface area (Å²) in [5, 5.41) is 0. The van der Waals surface area contributed by atoms with Gasteiger partial charge in [-0.05, 0) is 37.4 Å². The molecular weight excluding hydrogens is 368 g/mol. The van der Waals surface area contributed by atoms with Gasteiger partial charge in [0.2, 0.25) is 5.91 Å². The first kappa shape index (κ1) is 30.6. The quantitative estimate of drug-likeness (QED) is 0.445. The minimum absolute atomic E-state index is 0.105. The Bertz CT molecular complexity index is 489. The van der Waals surface area contributed by atoms with E-state index >= 15 is 0 Å². The number of hydrogen-bond acceptors (Lipinski definition) is 2. The molecule has 2 rings (SSSR count). The normalized spacial score (nSPS) is 14.3. The minimum atomic E-state index is 0.105. The second-order valence-corrected chi connectivity index (χ2v) is 7.40. The number of carbonyl (C=O) groups excluding carboxylic acids is 1. The van der Waals surface area contributed by atoms with Crippen molar-refractivity contribution in [2.24, 2.45) is 5.92 Å². The molecule has 1 heterocycles. The van der Waals surface area contributed by atoms with Crippen molar-refractivity contribution in [1.29, 1.82) is 0 Å². The Labute approximate surface area is 188 Å². The Kier molecular flexibility index (Phi) is 21.1. The first-order chi connectivity index (χ1) is 14.6. The minimum Gasteiger partial charge on any atom is -0.342 e. The van der Waals surface area contributed by atoms with Crippen LogP contribution in [0.25, 0.3) is 0 Å². The van der Waals surface area contributed by atoms with Crippen LogP contribution in [0.2, 0.25) is 0 Å². The van der Waals surface area contributed by atoms with E-state index in [0.29, 0.717) is 11.8 Å². The lowest BCUT2D eigenvalue weighted by atomic mass is 9.89. The van der Waals surface area contributed by atoms with Gasteiger partial charge in [0.1, 0.15) is 0 Å². The monoisotopic (exact) mass is 418 g/mol. The van der Waals surface area contributed by atoms with E-state index in [0.717, 1.165) is 45.6 Å². The van der Waals surface area contributed by atoms with Crippen molar-refractivity contribution >= 4 is 5.91 Å². The lowest BCUT2D eigenvalue weighted by Crippen LogP contribution is -2.43. The number of rotatable bonds is 7. The van der Waals surface area contributed by atoms with Crippen molar-refractivity contribution in [3.05, 3.63) is 49.1 Å². The third-order valence-electron chi connectivity index (χ3n) is 5.43. The highest BCUT2D eigenvalue weighted by molar-refractivity contribution is 5.78. The van der Waals surface area contributed by atoms with Crippen LogP contribution in [0.1, 0.15) is 85.6 Å². The summed E-state index contributed by atoms with van der Waals surface area (Å²) in [6, 6.07) is 10.7. The van der Waals surface area contributed by atoms with Crippen molar-refractivity contribution in [1.82, 2.24) is 9.80 Å². The molecule has 1 fully saturated rings. The van der Waals surface area contributed by atoms with E-state index in [9.17, 15) is 4.79 Å². The van der Waals surface area contributed by atoms with Crippen LogP contribution in [0, 0.1) is 5.92 Å². The van der Waals surface area contributed by atoms with Crippen molar-refractivity contribution in [2.75, 3.05) is 32.7 Å². The Morgan fingerprint density at radius 1 is 1.00 bits per heavy atom. The largest absolute Gasteiger partial charge is 0.342 e. The maximum Gasteiger partial charge on any atom is 0.226 e. The molecule has 1 saturated heterocycles. The molecule has 0 spiro atoms. The first-order valence-corrected chi connectivity index (χ1v) is 12.1. The van der Waals surface area contributed by atoms with Crippen LogP contribution >= 0.6 is 0 Å². The Morgan fingerprint density at radius 3 is 1.87 bits per heavy atom. The second-order valence-electron chi connectivity index (χ2n) is 7.40. The average molecular weight is 419 g/mol. The number of amides is 1. The molecule has 1 aliphatic rings. The second kappa shape index (κ2) is 20.7. The summed E-state index contributed by atoms with van der Waals surface area (Å²) in [7, 11) is 0. The molecule has 1 amide bonds. The zero-order chi connectivity index (χ0) is 23.4. The van der Waals surface area contributed by atoms with E-state index in [1.807, 2.05) is 13.8 Å². The number of carbonyl (C=O) groups is 1. The fourth-order valence-corrected chi connectivity index (χ4v) is 3.42. The molecule has 0 radical (unpaired) electrons. The van der Waals surface area contributed by atoms with E-state index in [4.69, 9.17) is 0 Å². The average Bonchev–Trinajstić information content (AvgIpc) is 2.85. The summed E-state index contributed by atoms with van der Waals surface area (Å²) in [5.41, 5.74) is 1.42. The molecular formula is C27H50N2O. The third kappa shape index (κ3) is 12.2. The summed E-state index contributed by atoms with van der Waals surface area (Å²) in [5.74, 6) is 1.05. The van der Waals surface area contributed by atoms with E-state index in [1.54, 1.807) is 0 Å². The molecule has 1 aliphatic heterocycles. The van der Waals surface area contributed by atoms with E-state index in [2.05, 4.69) is 87.9 Å². The lowest BCUT2D eigenvalue weighted by molar-refractivity contribution is -0.136. The van der Waals surface area contributed by atoms with Crippen molar-refractivity contribution in [3.63, 3.8) is 0 Å². The van der Waals surface area contributed by atoms with Gasteiger partial charge in [0.25, 0.3) is 0 Å². The number of unbranched alkanes of at least 4 members (excludes halogenated alkanes) is 1. The molecule has 1 aromatic carbocycles. The van der Waals surface area contributed by atoms with Gasteiger partial charge in [-0.25, -0.2) is 0 Å². The summed E-state index contributed by atoms with van der Waals surface area (Å²) in [4.78, 5) is 17.0. The number of hydrogen-bond donors (Lipinski definition) is 0. The molecule has 30 heavy (non-hydrogen) atoms. The van der Waals surface area contributed by atoms with Gasteiger partial charge in [0, 0.05) is 25.6 Å². The zero-order valence-corrected chi connectivity index (χ0v) is 21.1. The number of nitrogens with zero attached hydrogens (tertiary/aromatic N) is 2. The lowest BCUT2D eigenvalue weighted by Gasteiger charge is -2.34. The molecule has 0 saturated carbocycles. The number of piperidine rings is 1. The SMILES string of the molecule is C=C.CC.CCCC.CCN(CC)CC(C)C(=O)N1CCC(c2ccccc2)CC1. The molecule has 174 valence electrons. The fourth-order valence-electron chi connectivity index (χ4n) is 3.42. The number of likely N-dealkylation sites (tertiary alicyclic amines) is 1. The van der Waals surface area contributed by atoms with Crippen LogP contribution in [0.4, 0.5) is 0 Å². The highest BCUT2D eigenvalue weighted by Gasteiger charge is 2.27. The highest BCUT2D eigenvalue weighted by atomic mass is 16.2. The van der Waals surface area contributed by atoms with Crippen LogP contribution < -0.4 is 0 Å². The van der Waals surface area contributed by atoms with Gasteiger partial charge in [-0.2, -0.15) is 0 Å². The van der Waals surface area contributed by atoms with Gasteiger partial charge in [-0.15, -0.1) is 13.2 Å². The van der Waals surface area contributed by atoms with Gasteiger partial charge in [0.05, 0.1) is 0 Å². The Morgan fingerprint density at radius 2 is 1.47 bits per heavy atom. The van der Waals surface area contributed by atoms with E-state index < -0.39 is 0 Å². The van der Waals surface area contributed by atoms with Crippen molar-refractivity contribution in [3.8, 4) is 0 Å². The van der Waals surface area contributed by atoms with Crippen LogP contribution in [0.3, 0.4) is 0 Å². The smallest absolute Gasteiger partial charge is 0.226 e. The summed E-state index contributed by atoms with van der Waals surface area (Å²) >= 11 is 0. The summed E-state index contributed by atoms with van der Waals surface area (Å²) < 4.78 is 0. The molecule has 3 nitrogen and oxygen atoms in total. The van der Waals surface area contributed by atoms with E-state index in [1.165, 1.54) is 18.4 Å². The van der Waals surface area contributed by atoms with Gasteiger partial charge in [-0.3, -0.25) is 4.79 Å². The maximum atomic E-state index is 12.6. The molecule has 1 atom stereocenters. The van der Waals surface area contributed by atoms with Gasteiger partial charge in [-0.1, -0.05) is 91.6 Å². The standard InChI is InChI=1S/C19H30N2O.C4H10.C2H6.C2H4/c1-4-20(5-2)15-16(3)19(22)21-13-11-18(12-14-21)17-9-7-6-8-10-17;1-3-4-2;2*1-2/h6-10,16,18H,4-5,11-15H2,1-3H3;3-4H2,1-2H3;1-2H3;1-2H2. The molecule has 0 N–H and O–H groups in total. The van der Waals surface area contributed by atoms with Crippen molar-refractivity contribution in [2.45, 2.75) is 80.1 Å². The molecule has 0 aliphatic carbocycles. The van der Waals surface area contributed by atoms with Gasteiger partial charge < -0.3 is 9.80 Å². The molecule has 0 aromatic heterocycles. The van der Waals surface area contributed by atoms with Crippen LogP contribution in [-0.4, -0.2) is 48.4 Å². The van der Waals surface area contributed by atoms with Crippen molar-refractivity contribution < 1.29 is 4.79 Å². The Balaban J connectivity index is 0. The van der Waals surface area contributed by atoms with E-state index in [-0.39, 0.29) is 5.92 Å².